The van der Waals surface area contributed by atoms with Gasteiger partial charge in [0.05, 0.1) is 10.6 Å². The maximum Gasteiger partial charge on any atom is 0.416 e. The minimum Gasteiger partial charge on any atom is -1.00 e. The van der Waals surface area contributed by atoms with Crippen molar-refractivity contribution in [2.75, 3.05) is 4.90 Å². The zero-order chi connectivity index (χ0) is 19.1. The molecule has 1 aliphatic heterocycles. The first kappa shape index (κ1) is 20.8. The molecule has 0 aliphatic carbocycles. The third kappa shape index (κ3) is 4.09. The van der Waals surface area contributed by atoms with Gasteiger partial charge in [-0.3, -0.25) is 4.90 Å². The first-order chi connectivity index (χ1) is 12.2. The smallest absolute Gasteiger partial charge is 0.416 e. The molecule has 1 unspecified atom stereocenters. The van der Waals surface area contributed by atoms with E-state index in [-0.39, 0.29) is 40.6 Å². The molecule has 0 bridgehead atoms. The van der Waals surface area contributed by atoms with Crippen LogP contribution >= 0.6 is 11.6 Å². The Hall–Kier alpha value is -2.52. The van der Waals surface area contributed by atoms with E-state index in [9.17, 15) is 17.6 Å². The molecule has 144 valence electrons. The van der Waals surface area contributed by atoms with Crippen LogP contribution in [0.15, 0.2) is 52.4 Å². The monoisotopic (exact) mass is 420 g/mol. The van der Waals surface area contributed by atoms with Gasteiger partial charge < -0.3 is 23.9 Å². The highest BCUT2D eigenvalue weighted by Gasteiger charge is 2.38. The van der Waals surface area contributed by atoms with Gasteiger partial charge in [0.1, 0.15) is 5.82 Å². The predicted octanol–water partition coefficient (Wildman–Crippen LogP) is 0.650. The maximum absolute atomic E-state index is 13.5. The topological polar surface area (TPSA) is 80.0 Å². The second kappa shape index (κ2) is 7.61. The zero-order valence-electron chi connectivity index (χ0n) is 13.4. The van der Waals surface area contributed by atoms with Crippen LogP contribution in [0, 0.1) is 5.82 Å². The highest BCUT2D eigenvalue weighted by molar-refractivity contribution is 6.31. The summed E-state index contributed by atoms with van der Waals surface area (Å²) in [5.74, 6) is -1.14. The predicted molar refractivity (Wildman–Crippen MR) is 91.3 cm³/mol. The van der Waals surface area contributed by atoms with Gasteiger partial charge in [-0.15, -0.1) is 0 Å². The number of nitrogens with zero attached hydrogens (tertiary/aromatic N) is 3. The Morgan fingerprint density at radius 2 is 1.74 bits per heavy atom. The lowest BCUT2D eigenvalue weighted by Gasteiger charge is -2.34. The molecule has 27 heavy (non-hydrogen) atoms. The minimum atomic E-state index is -4.61. The van der Waals surface area contributed by atoms with Gasteiger partial charge in [-0.1, -0.05) is 29.8 Å². The third-order valence-corrected chi connectivity index (χ3v) is 3.99. The number of guanidine groups is 2. The zero-order valence-corrected chi connectivity index (χ0v) is 14.9. The molecule has 0 aromatic heterocycles. The molecule has 1 heterocycles. The Bertz CT molecular complexity index is 914. The van der Waals surface area contributed by atoms with E-state index in [4.69, 9.17) is 23.1 Å². The molecule has 3 rings (SSSR count). The van der Waals surface area contributed by atoms with Gasteiger partial charge in [-0.2, -0.15) is 18.2 Å². The number of anilines is 1. The van der Waals surface area contributed by atoms with Crippen molar-refractivity contribution in [1.82, 2.24) is 0 Å². The lowest BCUT2D eigenvalue weighted by Crippen LogP contribution is -3.00. The van der Waals surface area contributed by atoms with Gasteiger partial charge in [0.15, 0.2) is 6.17 Å². The number of hydrogen-bond donors (Lipinski definition) is 2. The number of aliphatic imine (C=N–C) groups is 2. The summed E-state index contributed by atoms with van der Waals surface area (Å²) < 4.78 is 53.7. The average Bonchev–Trinajstić information content (AvgIpc) is 2.56. The van der Waals surface area contributed by atoms with E-state index in [0.29, 0.717) is 0 Å². The Kier molecular flexibility index (Phi) is 5.86. The quantitative estimate of drug-likeness (QED) is 0.700. The second-order valence-electron chi connectivity index (χ2n) is 5.38. The Morgan fingerprint density at radius 1 is 1.07 bits per heavy atom. The van der Waals surface area contributed by atoms with E-state index in [1.807, 2.05) is 0 Å². The fourth-order valence-corrected chi connectivity index (χ4v) is 2.78. The molecule has 1 aliphatic rings. The van der Waals surface area contributed by atoms with E-state index in [1.165, 1.54) is 35.2 Å². The normalized spacial score (nSPS) is 17.1. The standard InChI is InChI=1S/C16H12ClF4N5.ClH/c17-11-7-8(5-6-12(11)18)26-13(24-14(22)25-15(26)23)9-3-1-2-4-10(9)16(19,20)21;/h1-7,13H,(H4,22,23,24,25);1H/p-1. The first-order valence-electron chi connectivity index (χ1n) is 7.26. The molecule has 1 atom stereocenters. The summed E-state index contributed by atoms with van der Waals surface area (Å²) in [6, 6.07) is 8.50. The summed E-state index contributed by atoms with van der Waals surface area (Å²) in [6.07, 6.45) is -5.86. The van der Waals surface area contributed by atoms with Crippen LogP contribution in [-0.2, 0) is 6.18 Å². The van der Waals surface area contributed by atoms with Crippen molar-refractivity contribution in [2.24, 2.45) is 21.5 Å². The second-order valence-corrected chi connectivity index (χ2v) is 5.79. The molecule has 0 saturated heterocycles. The van der Waals surface area contributed by atoms with Crippen LogP contribution in [0.4, 0.5) is 23.2 Å². The SMILES string of the molecule is NC1=NC(c2ccccc2C(F)(F)F)N(c2ccc(F)c(Cl)c2)C(N)=N1.[Cl-]. The third-order valence-electron chi connectivity index (χ3n) is 3.70. The lowest BCUT2D eigenvalue weighted by atomic mass is 10.0. The van der Waals surface area contributed by atoms with Crippen molar-refractivity contribution in [1.29, 1.82) is 0 Å². The van der Waals surface area contributed by atoms with Gasteiger partial charge in [-0.05, 0) is 24.3 Å². The highest BCUT2D eigenvalue weighted by atomic mass is 35.5. The van der Waals surface area contributed by atoms with Crippen molar-refractivity contribution in [3.8, 4) is 0 Å². The Balaban J connectivity index is 0.00000261. The van der Waals surface area contributed by atoms with Crippen LogP contribution in [0.2, 0.25) is 5.02 Å². The molecule has 0 fully saturated rings. The molecule has 0 amide bonds. The maximum atomic E-state index is 13.5. The molecule has 2 aromatic rings. The van der Waals surface area contributed by atoms with E-state index >= 15 is 0 Å². The summed E-state index contributed by atoms with van der Waals surface area (Å²) in [6.45, 7) is 0. The molecule has 0 spiro atoms. The van der Waals surface area contributed by atoms with E-state index < -0.39 is 23.7 Å². The van der Waals surface area contributed by atoms with Crippen molar-refractivity contribution < 1.29 is 30.0 Å². The number of hydrogen-bond acceptors (Lipinski definition) is 5. The van der Waals surface area contributed by atoms with Gasteiger partial charge in [-0.25, -0.2) is 9.38 Å². The largest absolute Gasteiger partial charge is 1.00 e. The van der Waals surface area contributed by atoms with E-state index in [0.717, 1.165) is 12.1 Å². The van der Waals surface area contributed by atoms with Crippen LogP contribution in [0.3, 0.4) is 0 Å². The lowest BCUT2D eigenvalue weighted by molar-refractivity contribution is -0.138. The molecule has 5 nitrogen and oxygen atoms in total. The molecule has 2 aromatic carbocycles. The summed E-state index contributed by atoms with van der Waals surface area (Å²) in [7, 11) is 0. The van der Waals surface area contributed by atoms with Gasteiger partial charge in [0.25, 0.3) is 0 Å². The van der Waals surface area contributed by atoms with Gasteiger partial charge >= 0.3 is 6.18 Å². The van der Waals surface area contributed by atoms with Gasteiger partial charge in [0.2, 0.25) is 11.9 Å². The Morgan fingerprint density at radius 3 is 2.37 bits per heavy atom. The number of nitrogens with two attached hydrogens (primary N) is 2. The summed E-state index contributed by atoms with van der Waals surface area (Å²) >= 11 is 5.78. The molecule has 0 radical (unpaired) electrons. The number of rotatable bonds is 2. The van der Waals surface area contributed by atoms with E-state index in [1.54, 1.807) is 0 Å². The summed E-state index contributed by atoms with van der Waals surface area (Å²) in [5, 5.41) is -0.222. The van der Waals surface area contributed by atoms with Crippen LogP contribution in [-0.4, -0.2) is 11.9 Å². The van der Waals surface area contributed by atoms with Crippen LogP contribution in [0.5, 0.6) is 0 Å². The first-order valence-corrected chi connectivity index (χ1v) is 7.64. The van der Waals surface area contributed by atoms with Crippen molar-refractivity contribution in [3.05, 3.63) is 64.4 Å². The minimum absolute atomic E-state index is 0. The van der Waals surface area contributed by atoms with Crippen molar-refractivity contribution in [2.45, 2.75) is 12.3 Å². The number of halogens is 6. The fourth-order valence-electron chi connectivity index (χ4n) is 2.61. The number of alkyl halides is 3. The summed E-state index contributed by atoms with van der Waals surface area (Å²) in [4.78, 5) is 8.99. The molecule has 0 saturated carbocycles. The van der Waals surface area contributed by atoms with Crippen LogP contribution in [0.25, 0.3) is 0 Å². The highest BCUT2D eigenvalue weighted by Crippen LogP contribution is 2.39. The average molecular weight is 421 g/mol. The summed E-state index contributed by atoms with van der Waals surface area (Å²) in [5.41, 5.74) is 10.6. The molecule has 11 heteroatoms. The van der Waals surface area contributed by atoms with E-state index in [2.05, 4.69) is 9.98 Å². The van der Waals surface area contributed by atoms with Crippen LogP contribution in [0.1, 0.15) is 17.3 Å². The molecular weight excluding hydrogens is 409 g/mol. The Labute approximate surface area is 162 Å². The molecule has 4 N–H and O–H groups in total. The van der Waals surface area contributed by atoms with Crippen molar-refractivity contribution >= 4 is 29.2 Å². The van der Waals surface area contributed by atoms with Crippen LogP contribution < -0.4 is 28.8 Å². The fraction of sp³-hybridized carbons (Fsp3) is 0.125. The van der Waals surface area contributed by atoms with Crippen molar-refractivity contribution in [3.63, 3.8) is 0 Å². The molecular formula is C16H12Cl2F4N5-. The van der Waals surface area contributed by atoms with Gasteiger partial charge in [0, 0.05) is 11.3 Å². The number of benzene rings is 2.